The van der Waals surface area contributed by atoms with E-state index in [0.717, 1.165) is 66.2 Å². The van der Waals surface area contributed by atoms with Crippen LogP contribution in [-0.2, 0) is 0 Å². The summed E-state index contributed by atoms with van der Waals surface area (Å²) in [4.78, 5) is 4.86. The molecule has 4 nitrogen and oxygen atoms in total. The van der Waals surface area contributed by atoms with Crippen LogP contribution in [0, 0.1) is 11.3 Å². The van der Waals surface area contributed by atoms with Gasteiger partial charge in [0.1, 0.15) is 0 Å². The second-order valence-corrected chi connectivity index (χ2v) is 13.1. The molecule has 4 heterocycles. The van der Waals surface area contributed by atoms with Gasteiger partial charge in [0.25, 0.3) is 0 Å². The smallest absolute Gasteiger partial charge is 0.0991 e. The zero-order chi connectivity index (χ0) is 31.1. The van der Waals surface area contributed by atoms with Crippen LogP contribution >= 0.6 is 11.3 Å². The molecule has 0 unspecified atom stereocenters. The van der Waals surface area contributed by atoms with E-state index in [1.807, 2.05) is 35.7 Å². The highest BCUT2D eigenvalue weighted by molar-refractivity contribution is 7.25. The van der Waals surface area contributed by atoms with Gasteiger partial charge < -0.3 is 9.13 Å². The summed E-state index contributed by atoms with van der Waals surface area (Å²) in [5, 5.41) is 15.5. The third-order valence-corrected chi connectivity index (χ3v) is 10.5. The first-order valence-electron chi connectivity index (χ1n) is 15.6. The lowest BCUT2D eigenvalue weighted by atomic mass is 10.0. The van der Waals surface area contributed by atoms with Crippen molar-refractivity contribution in [1.82, 2.24) is 14.1 Å². The fraction of sp³-hybridized carbons (Fsp3) is 0. The van der Waals surface area contributed by atoms with Crippen molar-refractivity contribution in [3.05, 3.63) is 151 Å². The minimum atomic E-state index is 0.666. The molecule has 0 aliphatic heterocycles. The van der Waals surface area contributed by atoms with E-state index >= 15 is 0 Å². The van der Waals surface area contributed by atoms with Gasteiger partial charge in [0, 0.05) is 53.9 Å². The summed E-state index contributed by atoms with van der Waals surface area (Å²) in [5.74, 6) is 0. The minimum absolute atomic E-state index is 0.666. The van der Waals surface area contributed by atoms with Crippen LogP contribution in [0.2, 0.25) is 0 Å². The Labute approximate surface area is 273 Å². The van der Waals surface area contributed by atoms with Crippen molar-refractivity contribution in [2.75, 3.05) is 0 Å². The molecule has 0 saturated carbocycles. The average molecular weight is 617 g/mol. The summed E-state index contributed by atoms with van der Waals surface area (Å²) in [5.41, 5.74) is 10.6. The number of hydrogen-bond acceptors (Lipinski definition) is 3. The number of thiophene rings is 1. The lowest BCUT2D eigenvalue weighted by molar-refractivity contribution is 1.17. The van der Waals surface area contributed by atoms with Crippen LogP contribution < -0.4 is 0 Å². The molecule has 0 spiro atoms. The van der Waals surface area contributed by atoms with Crippen molar-refractivity contribution in [3.63, 3.8) is 0 Å². The first kappa shape index (κ1) is 26.0. The second kappa shape index (κ2) is 9.89. The molecule has 0 N–H and O–H groups in total. The van der Waals surface area contributed by atoms with Gasteiger partial charge in [-0.2, -0.15) is 5.26 Å². The van der Waals surface area contributed by atoms with Crippen LogP contribution in [-0.4, -0.2) is 14.1 Å². The van der Waals surface area contributed by atoms with Crippen LogP contribution in [0.1, 0.15) is 5.56 Å². The molecule has 218 valence electrons. The van der Waals surface area contributed by atoms with Crippen LogP contribution in [0.3, 0.4) is 0 Å². The first-order chi connectivity index (χ1) is 23.2. The van der Waals surface area contributed by atoms with Crippen molar-refractivity contribution in [1.29, 1.82) is 5.26 Å². The van der Waals surface area contributed by atoms with E-state index < -0.39 is 0 Å². The average Bonchev–Trinajstić information content (AvgIpc) is 3.77. The number of rotatable bonds is 3. The molecule has 0 aliphatic rings. The Balaban J connectivity index is 1.17. The summed E-state index contributed by atoms with van der Waals surface area (Å²) in [6, 6.07) is 51.7. The molecule has 0 atom stereocenters. The molecule has 0 aliphatic carbocycles. The maximum Gasteiger partial charge on any atom is 0.0991 e. The van der Waals surface area contributed by atoms with Gasteiger partial charge in [0.05, 0.1) is 39.2 Å². The van der Waals surface area contributed by atoms with E-state index in [9.17, 15) is 5.26 Å². The second-order valence-electron chi connectivity index (χ2n) is 12.0. The molecule has 0 radical (unpaired) electrons. The number of benzene rings is 6. The summed E-state index contributed by atoms with van der Waals surface area (Å²) in [6.45, 7) is 0. The van der Waals surface area contributed by atoms with E-state index in [1.165, 1.54) is 20.2 Å². The minimum Gasteiger partial charge on any atom is -0.309 e. The summed E-state index contributed by atoms with van der Waals surface area (Å²) in [7, 11) is 0. The molecule has 10 rings (SSSR count). The van der Waals surface area contributed by atoms with Crippen LogP contribution in [0.4, 0.5) is 0 Å². The number of fused-ring (bicyclic) bond motifs is 9. The van der Waals surface area contributed by atoms with Gasteiger partial charge in [-0.1, -0.05) is 60.7 Å². The molecule has 4 aromatic heterocycles. The zero-order valence-corrected chi connectivity index (χ0v) is 25.9. The molecule has 10 aromatic rings. The van der Waals surface area contributed by atoms with Crippen LogP contribution in [0.25, 0.3) is 86.4 Å². The Morgan fingerprint density at radius 3 is 2.00 bits per heavy atom. The Bertz CT molecular complexity index is 2930. The summed E-state index contributed by atoms with van der Waals surface area (Å²) >= 11 is 1.84. The van der Waals surface area contributed by atoms with E-state index in [2.05, 4.69) is 137 Å². The number of hydrogen-bond donors (Lipinski definition) is 0. The van der Waals surface area contributed by atoms with Crippen molar-refractivity contribution >= 4 is 75.3 Å². The Morgan fingerprint density at radius 2 is 1.19 bits per heavy atom. The van der Waals surface area contributed by atoms with E-state index in [0.29, 0.717) is 5.56 Å². The predicted molar refractivity (Wildman–Crippen MR) is 196 cm³/mol. The van der Waals surface area contributed by atoms with Gasteiger partial charge in [-0.05, 0) is 90.0 Å². The lowest BCUT2D eigenvalue weighted by Gasteiger charge is -2.12. The van der Waals surface area contributed by atoms with Crippen LogP contribution in [0.15, 0.2) is 146 Å². The van der Waals surface area contributed by atoms with Crippen molar-refractivity contribution in [2.45, 2.75) is 0 Å². The van der Waals surface area contributed by atoms with Gasteiger partial charge >= 0.3 is 0 Å². The topological polar surface area (TPSA) is 46.5 Å². The lowest BCUT2D eigenvalue weighted by Crippen LogP contribution is -1.96. The number of para-hydroxylation sites is 1. The van der Waals surface area contributed by atoms with Crippen molar-refractivity contribution < 1.29 is 0 Å². The summed E-state index contributed by atoms with van der Waals surface area (Å²) in [6.07, 6.45) is 1.89. The van der Waals surface area contributed by atoms with Crippen LogP contribution in [0.5, 0.6) is 0 Å². The number of nitrogens with zero attached hydrogens (tertiary/aromatic N) is 4. The molecule has 0 amide bonds. The Morgan fingerprint density at radius 1 is 0.489 bits per heavy atom. The SMILES string of the molecule is N#Cc1ccc2c(c1)c1ccccc1n2-c1cccc(-c2cccc(-n3c4cc5c(cc4c4ncccc43)sc3ccccc35)c2)c1. The fourth-order valence-corrected chi connectivity index (χ4v) is 8.42. The highest BCUT2D eigenvalue weighted by Gasteiger charge is 2.17. The summed E-state index contributed by atoms with van der Waals surface area (Å²) < 4.78 is 7.24. The highest BCUT2D eigenvalue weighted by Crippen LogP contribution is 2.40. The molecule has 0 fully saturated rings. The third kappa shape index (κ3) is 3.83. The van der Waals surface area contributed by atoms with Gasteiger partial charge in [0.15, 0.2) is 0 Å². The van der Waals surface area contributed by atoms with Gasteiger partial charge in [-0.3, -0.25) is 4.98 Å². The predicted octanol–water partition coefficient (Wildman–Crippen LogP) is 11.2. The number of aromatic nitrogens is 3. The van der Waals surface area contributed by atoms with E-state index in [1.54, 1.807) is 0 Å². The quantitative estimate of drug-likeness (QED) is 0.198. The molecule has 6 aromatic carbocycles. The maximum atomic E-state index is 9.58. The molecule has 0 bridgehead atoms. The molecular formula is C42H24N4S. The van der Waals surface area contributed by atoms with Gasteiger partial charge in [-0.25, -0.2) is 0 Å². The zero-order valence-electron chi connectivity index (χ0n) is 25.1. The first-order valence-corrected chi connectivity index (χ1v) is 16.4. The third-order valence-electron chi connectivity index (χ3n) is 9.36. The standard InChI is InChI=1S/C42H24N4S/c43-25-26-17-18-37-33(20-26)31-12-1-3-14-36(31)45(37)29-10-5-8-27(21-29)28-9-6-11-30(22-28)46-38-15-7-19-44-42(38)35-24-41-34(23-39(35)46)32-13-2-4-16-40(32)47-41/h1-24H. The molecule has 47 heavy (non-hydrogen) atoms. The van der Waals surface area contributed by atoms with Crippen molar-refractivity contribution in [2.24, 2.45) is 0 Å². The van der Waals surface area contributed by atoms with E-state index in [4.69, 9.17) is 4.98 Å². The monoisotopic (exact) mass is 616 g/mol. The number of nitriles is 1. The van der Waals surface area contributed by atoms with Gasteiger partial charge in [0.2, 0.25) is 0 Å². The number of pyridine rings is 1. The molecule has 0 saturated heterocycles. The largest absolute Gasteiger partial charge is 0.309 e. The maximum absolute atomic E-state index is 9.58. The fourth-order valence-electron chi connectivity index (χ4n) is 7.30. The van der Waals surface area contributed by atoms with Gasteiger partial charge in [-0.15, -0.1) is 11.3 Å². The van der Waals surface area contributed by atoms with E-state index in [-0.39, 0.29) is 0 Å². The highest BCUT2D eigenvalue weighted by atomic mass is 32.1. The Hall–Kier alpha value is -6.22. The van der Waals surface area contributed by atoms with Crippen molar-refractivity contribution in [3.8, 4) is 28.6 Å². The normalized spacial score (nSPS) is 11.8. The molecule has 5 heteroatoms. The molecular weight excluding hydrogens is 593 g/mol. The Kier molecular flexibility index (Phi) is 5.48.